The van der Waals surface area contributed by atoms with Crippen molar-refractivity contribution in [2.24, 2.45) is 5.92 Å². The number of aliphatic hydroxyl groups is 1. The largest absolute Gasteiger partial charge is 0.380 e. The van der Waals surface area contributed by atoms with E-state index < -0.39 is 11.4 Å². The lowest BCUT2D eigenvalue weighted by Crippen LogP contribution is -2.32. The van der Waals surface area contributed by atoms with Gasteiger partial charge in [0.1, 0.15) is 11.4 Å². The Bertz CT molecular complexity index is 542. The van der Waals surface area contributed by atoms with Crippen LogP contribution in [0.25, 0.3) is 0 Å². The Morgan fingerprint density at radius 1 is 1.41 bits per heavy atom. The van der Waals surface area contributed by atoms with Crippen LogP contribution in [0.15, 0.2) is 42.5 Å². The van der Waals surface area contributed by atoms with Gasteiger partial charge in [0.15, 0.2) is 0 Å². The first kappa shape index (κ1) is 11.6. The van der Waals surface area contributed by atoms with E-state index in [1.807, 2.05) is 25.1 Å². The minimum atomic E-state index is -1.34. The lowest BCUT2D eigenvalue weighted by Gasteiger charge is -2.32. The molecule has 0 spiro atoms. The van der Waals surface area contributed by atoms with Crippen LogP contribution in [0, 0.1) is 23.1 Å². The molecule has 3 heteroatoms. The predicted molar refractivity (Wildman–Crippen MR) is 62.5 cm³/mol. The van der Waals surface area contributed by atoms with Crippen LogP contribution in [0.1, 0.15) is 18.1 Å². The second-order valence-electron chi connectivity index (χ2n) is 4.16. The number of rotatable bonds is 1. The minimum Gasteiger partial charge on any atom is -0.380 e. The van der Waals surface area contributed by atoms with Crippen molar-refractivity contribution in [2.45, 2.75) is 12.5 Å². The second-order valence-corrected chi connectivity index (χ2v) is 4.16. The van der Waals surface area contributed by atoms with Crippen LogP contribution in [-0.2, 0) is 5.60 Å². The molecule has 2 unspecified atom stereocenters. The molecule has 1 aliphatic carbocycles. The molecule has 1 aliphatic rings. The highest BCUT2D eigenvalue weighted by Crippen LogP contribution is 2.36. The van der Waals surface area contributed by atoms with Gasteiger partial charge in [-0.05, 0) is 18.2 Å². The van der Waals surface area contributed by atoms with Gasteiger partial charge in [-0.1, -0.05) is 31.2 Å². The molecule has 1 aromatic rings. The smallest absolute Gasteiger partial charge is 0.130 e. The number of hydrogen-bond donors (Lipinski definition) is 1. The molecular formula is C14H12FNO. The first-order valence-corrected chi connectivity index (χ1v) is 5.36. The zero-order chi connectivity index (χ0) is 12.5. The fourth-order valence-corrected chi connectivity index (χ4v) is 1.98. The van der Waals surface area contributed by atoms with Crippen LogP contribution < -0.4 is 0 Å². The van der Waals surface area contributed by atoms with Crippen molar-refractivity contribution < 1.29 is 9.50 Å². The van der Waals surface area contributed by atoms with Crippen LogP contribution >= 0.6 is 0 Å². The van der Waals surface area contributed by atoms with Crippen molar-refractivity contribution in [3.8, 4) is 6.07 Å². The summed E-state index contributed by atoms with van der Waals surface area (Å²) in [5.41, 5.74) is -0.894. The van der Waals surface area contributed by atoms with Crippen molar-refractivity contribution in [2.75, 3.05) is 0 Å². The molecule has 0 aromatic heterocycles. The summed E-state index contributed by atoms with van der Waals surface area (Å²) in [7, 11) is 0. The summed E-state index contributed by atoms with van der Waals surface area (Å²) < 4.78 is 13.9. The molecule has 1 N–H and O–H groups in total. The Labute approximate surface area is 99.3 Å². The summed E-state index contributed by atoms with van der Waals surface area (Å²) in [5.74, 6) is -0.770. The molecule has 2 atom stereocenters. The van der Waals surface area contributed by atoms with Crippen LogP contribution in [0.2, 0.25) is 0 Å². The van der Waals surface area contributed by atoms with Gasteiger partial charge < -0.3 is 5.11 Å². The Kier molecular flexibility index (Phi) is 2.83. The number of benzene rings is 1. The number of nitrogens with zero attached hydrogens (tertiary/aromatic N) is 1. The summed E-state index contributed by atoms with van der Waals surface area (Å²) in [5, 5.41) is 19.2. The van der Waals surface area contributed by atoms with Gasteiger partial charge in [0.2, 0.25) is 0 Å². The fourth-order valence-electron chi connectivity index (χ4n) is 1.98. The molecule has 2 rings (SSSR count). The molecule has 0 heterocycles. The van der Waals surface area contributed by atoms with E-state index in [0.29, 0.717) is 0 Å². The number of nitriles is 1. The highest BCUT2D eigenvalue weighted by atomic mass is 19.1. The van der Waals surface area contributed by atoms with E-state index in [2.05, 4.69) is 0 Å². The van der Waals surface area contributed by atoms with Gasteiger partial charge in [-0.3, -0.25) is 0 Å². The van der Waals surface area contributed by atoms with Gasteiger partial charge in [-0.2, -0.15) is 5.26 Å². The molecule has 2 nitrogen and oxygen atoms in total. The van der Waals surface area contributed by atoms with E-state index in [0.717, 1.165) is 6.07 Å². The maximum absolute atomic E-state index is 13.9. The number of halogens is 1. The highest BCUT2D eigenvalue weighted by molar-refractivity contribution is 5.39. The molecule has 0 saturated heterocycles. The van der Waals surface area contributed by atoms with Gasteiger partial charge in [-0.25, -0.2) is 4.39 Å². The predicted octanol–water partition coefficient (Wildman–Crippen LogP) is 2.65. The summed E-state index contributed by atoms with van der Waals surface area (Å²) in [6.45, 7) is 1.82. The van der Waals surface area contributed by atoms with Crippen molar-refractivity contribution in [3.05, 3.63) is 59.4 Å². The monoisotopic (exact) mass is 229 g/mol. The zero-order valence-electron chi connectivity index (χ0n) is 9.39. The van der Waals surface area contributed by atoms with E-state index in [1.54, 1.807) is 12.2 Å². The highest BCUT2D eigenvalue weighted by Gasteiger charge is 2.35. The Morgan fingerprint density at radius 3 is 2.76 bits per heavy atom. The van der Waals surface area contributed by atoms with Crippen LogP contribution in [0.5, 0.6) is 0 Å². The Balaban J connectivity index is 2.51. The summed E-state index contributed by atoms with van der Waals surface area (Å²) in [6.07, 6.45) is 6.90. The molecule has 86 valence electrons. The molecule has 0 radical (unpaired) electrons. The summed E-state index contributed by atoms with van der Waals surface area (Å²) in [4.78, 5) is 0. The normalized spacial score (nSPS) is 26.8. The van der Waals surface area contributed by atoms with Crippen LogP contribution in [0.4, 0.5) is 4.39 Å². The standard InChI is InChI=1S/C14H12FNO/c1-10-4-2-3-7-14(10,17)12-6-5-11(9-16)8-13(12)15/h2-8,10,17H,1H3. The van der Waals surface area contributed by atoms with Crippen molar-refractivity contribution in [1.82, 2.24) is 0 Å². The number of allylic oxidation sites excluding steroid dienone is 2. The lowest BCUT2D eigenvalue weighted by atomic mass is 9.79. The lowest BCUT2D eigenvalue weighted by molar-refractivity contribution is 0.0466. The van der Waals surface area contributed by atoms with E-state index in [1.165, 1.54) is 12.1 Å². The van der Waals surface area contributed by atoms with E-state index in [9.17, 15) is 9.50 Å². The maximum Gasteiger partial charge on any atom is 0.130 e. The Morgan fingerprint density at radius 2 is 2.18 bits per heavy atom. The topological polar surface area (TPSA) is 44.0 Å². The van der Waals surface area contributed by atoms with E-state index in [-0.39, 0.29) is 17.0 Å². The molecule has 0 amide bonds. The number of hydrogen-bond acceptors (Lipinski definition) is 2. The summed E-state index contributed by atoms with van der Waals surface area (Å²) >= 11 is 0. The molecule has 0 fully saturated rings. The third-order valence-electron chi connectivity index (χ3n) is 3.09. The van der Waals surface area contributed by atoms with Gasteiger partial charge >= 0.3 is 0 Å². The van der Waals surface area contributed by atoms with Gasteiger partial charge in [0.05, 0.1) is 11.6 Å². The SMILES string of the molecule is CC1C=CC=CC1(O)c1ccc(C#N)cc1F. The van der Waals surface area contributed by atoms with E-state index >= 15 is 0 Å². The zero-order valence-corrected chi connectivity index (χ0v) is 9.39. The van der Waals surface area contributed by atoms with Crippen molar-refractivity contribution >= 4 is 0 Å². The van der Waals surface area contributed by atoms with Gasteiger partial charge in [-0.15, -0.1) is 0 Å². The van der Waals surface area contributed by atoms with Crippen molar-refractivity contribution in [3.63, 3.8) is 0 Å². The minimum absolute atomic E-state index is 0.199. The first-order valence-electron chi connectivity index (χ1n) is 5.36. The molecule has 0 aliphatic heterocycles. The summed E-state index contributed by atoms with van der Waals surface area (Å²) in [6, 6.07) is 5.99. The first-order chi connectivity index (χ1) is 8.08. The van der Waals surface area contributed by atoms with E-state index in [4.69, 9.17) is 5.26 Å². The maximum atomic E-state index is 13.9. The molecule has 17 heavy (non-hydrogen) atoms. The average molecular weight is 229 g/mol. The third-order valence-corrected chi connectivity index (χ3v) is 3.09. The van der Waals surface area contributed by atoms with Crippen LogP contribution in [-0.4, -0.2) is 5.11 Å². The molecule has 0 bridgehead atoms. The average Bonchev–Trinajstić information content (AvgIpc) is 2.32. The third kappa shape index (κ3) is 1.88. The molecular weight excluding hydrogens is 217 g/mol. The molecule has 0 saturated carbocycles. The van der Waals surface area contributed by atoms with Crippen molar-refractivity contribution in [1.29, 1.82) is 5.26 Å². The Hall–Kier alpha value is -1.92. The van der Waals surface area contributed by atoms with Crippen LogP contribution in [0.3, 0.4) is 0 Å². The fraction of sp³-hybridized carbons (Fsp3) is 0.214. The van der Waals surface area contributed by atoms with Gasteiger partial charge in [0, 0.05) is 11.5 Å². The van der Waals surface area contributed by atoms with Gasteiger partial charge in [0.25, 0.3) is 0 Å². The molecule has 1 aromatic carbocycles. The second kappa shape index (κ2) is 4.15. The quantitative estimate of drug-likeness (QED) is 0.804.